The molecule has 0 saturated carbocycles. The third-order valence-electron chi connectivity index (χ3n) is 2.86. The zero-order valence-corrected chi connectivity index (χ0v) is 11.0. The summed E-state index contributed by atoms with van der Waals surface area (Å²) >= 11 is 0. The molecule has 5 nitrogen and oxygen atoms in total. The maximum absolute atomic E-state index is 11.6. The highest BCUT2D eigenvalue weighted by Crippen LogP contribution is 2.09. The van der Waals surface area contributed by atoms with Crippen LogP contribution < -0.4 is 5.73 Å². The van der Waals surface area contributed by atoms with Gasteiger partial charge < -0.3 is 10.6 Å². The molecule has 0 atom stereocenters. The van der Waals surface area contributed by atoms with E-state index in [1.165, 1.54) is 0 Å². The van der Waals surface area contributed by atoms with Gasteiger partial charge in [0.2, 0.25) is 5.91 Å². The molecule has 1 aromatic heterocycles. The summed E-state index contributed by atoms with van der Waals surface area (Å²) in [5.74, 6) is 0.0509. The van der Waals surface area contributed by atoms with Crippen LogP contribution in [0.1, 0.15) is 12.0 Å². The van der Waals surface area contributed by atoms with Gasteiger partial charge in [-0.15, -0.1) is 0 Å². The van der Waals surface area contributed by atoms with Crippen molar-refractivity contribution in [3.05, 3.63) is 48.3 Å². The van der Waals surface area contributed by atoms with Gasteiger partial charge in [0.25, 0.3) is 0 Å². The van der Waals surface area contributed by atoms with Crippen molar-refractivity contribution in [2.75, 3.05) is 13.6 Å². The zero-order valence-electron chi connectivity index (χ0n) is 11.0. The summed E-state index contributed by atoms with van der Waals surface area (Å²) < 4.78 is 1.80. The monoisotopic (exact) mass is 258 g/mol. The molecule has 1 aromatic carbocycles. The first-order valence-corrected chi connectivity index (χ1v) is 6.23. The largest absolute Gasteiger partial charge is 0.341 e. The van der Waals surface area contributed by atoms with Crippen LogP contribution in [-0.2, 0) is 11.3 Å². The van der Waals surface area contributed by atoms with Gasteiger partial charge in [0.1, 0.15) is 0 Å². The Morgan fingerprint density at radius 2 is 2.11 bits per heavy atom. The number of nitrogens with zero attached hydrogens (tertiary/aromatic N) is 3. The van der Waals surface area contributed by atoms with E-state index >= 15 is 0 Å². The highest BCUT2D eigenvalue weighted by Gasteiger charge is 2.09. The summed E-state index contributed by atoms with van der Waals surface area (Å²) in [5, 5.41) is 4.30. The molecule has 0 fully saturated rings. The van der Waals surface area contributed by atoms with E-state index in [0.717, 1.165) is 11.3 Å². The summed E-state index contributed by atoms with van der Waals surface area (Å²) in [5.41, 5.74) is 7.38. The van der Waals surface area contributed by atoms with E-state index in [4.69, 9.17) is 5.73 Å². The van der Waals surface area contributed by atoms with Crippen LogP contribution in [0.2, 0.25) is 0 Å². The molecule has 0 aliphatic rings. The molecule has 5 heteroatoms. The minimum absolute atomic E-state index is 0.0509. The van der Waals surface area contributed by atoms with Gasteiger partial charge in [-0.1, -0.05) is 18.2 Å². The van der Waals surface area contributed by atoms with Crippen molar-refractivity contribution in [1.29, 1.82) is 0 Å². The highest BCUT2D eigenvalue weighted by atomic mass is 16.2. The van der Waals surface area contributed by atoms with Gasteiger partial charge in [-0.3, -0.25) is 4.79 Å². The predicted octanol–water partition coefficient (Wildman–Crippen LogP) is 1.18. The smallest absolute Gasteiger partial charge is 0.223 e. The number of aromatic nitrogens is 2. The van der Waals surface area contributed by atoms with Crippen LogP contribution >= 0.6 is 0 Å². The van der Waals surface area contributed by atoms with Gasteiger partial charge in [0.15, 0.2) is 0 Å². The van der Waals surface area contributed by atoms with Crippen molar-refractivity contribution in [3.8, 4) is 5.69 Å². The number of rotatable bonds is 5. The number of carbonyl (C=O) groups excluding carboxylic acids is 1. The fourth-order valence-electron chi connectivity index (χ4n) is 1.84. The van der Waals surface area contributed by atoms with Gasteiger partial charge in [-0.05, 0) is 12.1 Å². The quantitative estimate of drug-likeness (QED) is 0.876. The lowest BCUT2D eigenvalue weighted by atomic mass is 10.3. The normalized spacial score (nSPS) is 10.4. The van der Waals surface area contributed by atoms with Crippen LogP contribution in [-0.4, -0.2) is 34.2 Å². The predicted molar refractivity (Wildman–Crippen MR) is 73.7 cm³/mol. The van der Waals surface area contributed by atoms with Crippen molar-refractivity contribution >= 4 is 5.91 Å². The molecule has 0 radical (unpaired) electrons. The second-order valence-electron chi connectivity index (χ2n) is 4.42. The van der Waals surface area contributed by atoms with E-state index in [9.17, 15) is 4.79 Å². The number of hydrogen-bond acceptors (Lipinski definition) is 3. The van der Waals surface area contributed by atoms with Crippen LogP contribution in [0.4, 0.5) is 0 Å². The Hall–Kier alpha value is -2.14. The summed E-state index contributed by atoms with van der Waals surface area (Å²) in [4.78, 5) is 13.3. The summed E-state index contributed by atoms with van der Waals surface area (Å²) in [7, 11) is 1.78. The molecular formula is C14H18N4O. The Morgan fingerprint density at radius 1 is 1.37 bits per heavy atom. The number of amides is 1. The molecular weight excluding hydrogens is 240 g/mol. The first-order valence-electron chi connectivity index (χ1n) is 6.23. The van der Waals surface area contributed by atoms with Gasteiger partial charge >= 0.3 is 0 Å². The second kappa shape index (κ2) is 6.15. The molecule has 0 unspecified atom stereocenters. The average Bonchev–Trinajstić information content (AvgIpc) is 2.88. The Bertz CT molecular complexity index is 535. The lowest BCUT2D eigenvalue weighted by molar-refractivity contribution is -0.130. The highest BCUT2D eigenvalue weighted by molar-refractivity contribution is 5.76. The number of benzene rings is 1. The van der Waals surface area contributed by atoms with Crippen molar-refractivity contribution in [2.45, 2.75) is 13.0 Å². The van der Waals surface area contributed by atoms with Crippen LogP contribution in [0.15, 0.2) is 42.7 Å². The van der Waals surface area contributed by atoms with E-state index in [1.807, 2.05) is 36.5 Å². The SMILES string of the molecule is CN(Cc1cnn(-c2ccccc2)c1)C(=O)CCN. The Labute approximate surface area is 112 Å². The topological polar surface area (TPSA) is 64.2 Å². The molecule has 100 valence electrons. The van der Waals surface area contributed by atoms with Crippen LogP contribution in [0.25, 0.3) is 5.69 Å². The molecule has 0 spiro atoms. The minimum atomic E-state index is 0.0509. The van der Waals surface area contributed by atoms with Gasteiger partial charge in [0.05, 0.1) is 11.9 Å². The molecule has 1 heterocycles. The average molecular weight is 258 g/mol. The number of hydrogen-bond donors (Lipinski definition) is 1. The lowest BCUT2D eigenvalue weighted by Crippen LogP contribution is -2.27. The van der Waals surface area contributed by atoms with Crippen molar-refractivity contribution in [3.63, 3.8) is 0 Å². The maximum Gasteiger partial charge on any atom is 0.223 e. The van der Waals surface area contributed by atoms with E-state index < -0.39 is 0 Å². The van der Waals surface area contributed by atoms with E-state index in [2.05, 4.69) is 5.10 Å². The summed E-state index contributed by atoms with van der Waals surface area (Å²) in [6, 6.07) is 9.87. The van der Waals surface area contributed by atoms with Crippen molar-refractivity contribution in [1.82, 2.24) is 14.7 Å². The van der Waals surface area contributed by atoms with Crippen molar-refractivity contribution in [2.24, 2.45) is 5.73 Å². The number of para-hydroxylation sites is 1. The van der Waals surface area contributed by atoms with Gasteiger partial charge in [0, 0.05) is 38.3 Å². The third-order valence-corrected chi connectivity index (χ3v) is 2.86. The lowest BCUT2D eigenvalue weighted by Gasteiger charge is -2.15. The van der Waals surface area contributed by atoms with Gasteiger partial charge in [-0.25, -0.2) is 4.68 Å². The second-order valence-corrected chi connectivity index (χ2v) is 4.42. The maximum atomic E-state index is 11.6. The summed E-state index contributed by atoms with van der Waals surface area (Å²) in [6.07, 6.45) is 4.09. The molecule has 0 aliphatic heterocycles. The molecule has 0 saturated heterocycles. The fourth-order valence-corrected chi connectivity index (χ4v) is 1.84. The van der Waals surface area contributed by atoms with E-state index in [-0.39, 0.29) is 5.91 Å². The Balaban J connectivity index is 2.04. The Kier molecular flexibility index (Phi) is 4.30. The van der Waals surface area contributed by atoms with E-state index in [1.54, 1.807) is 22.8 Å². The standard InChI is InChI=1S/C14H18N4O/c1-17(14(19)7-8-15)10-12-9-16-18(11-12)13-5-3-2-4-6-13/h2-6,9,11H,7-8,10,15H2,1H3. The van der Waals surface area contributed by atoms with Crippen LogP contribution in [0, 0.1) is 0 Å². The van der Waals surface area contributed by atoms with Crippen LogP contribution in [0.3, 0.4) is 0 Å². The molecule has 0 bridgehead atoms. The Morgan fingerprint density at radius 3 is 2.79 bits per heavy atom. The third kappa shape index (κ3) is 3.42. The zero-order chi connectivity index (χ0) is 13.7. The van der Waals surface area contributed by atoms with E-state index in [0.29, 0.717) is 19.5 Å². The fraction of sp³-hybridized carbons (Fsp3) is 0.286. The van der Waals surface area contributed by atoms with Crippen LogP contribution in [0.5, 0.6) is 0 Å². The molecule has 2 aromatic rings. The first kappa shape index (κ1) is 13.3. The number of nitrogens with two attached hydrogens (primary N) is 1. The first-order chi connectivity index (χ1) is 9.20. The minimum Gasteiger partial charge on any atom is -0.341 e. The molecule has 2 N–H and O–H groups in total. The molecule has 1 amide bonds. The number of carbonyl (C=O) groups is 1. The molecule has 19 heavy (non-hydrogen) atoms. The molecule has 2 rings (SSSR count). The van der Waals surface area contributed by atoms with Gasteiger partial charge in [-0.2, -0.15) is 5.10 Å². The van der Waals surface area contributed by atoms with Crippen molar-refractivity contribution < 1.29 is 4.79 Å². The molecule has 0 aliphatic carbocycles. The summed E-state index contributed by atoms with van der Waals surface area (Å²) in [6.45, 7) is 0.929.